The number of hydrazone groups is 1. The van der Waals surface area contributed by atoms with Gasteiger partial charge in [0.25, 0.3) is 0 Å². The van der Waals surface area contributed by atoms with E-state index in [2.05, 4.69) is 20.5 Å². The summed E-state index contributed by atoms with van der Waals surface area (Å²) in [6.07, 6.45) is 1.71. The van der Waals surface area contributed by atoms with Gasteiger partial charge in [0, 0.05) is 5.02 Å². The second kappa shape index (κ2) is 9.33. The van der Waals surface area contributed by atoms with Crippen molar-refractivity contribution >= 4 is 34.8 Å². The minimum absolute atomic E-state index is 0.429. The largest absolute Gasteiger partial charge is 0.490 e. The molecule has 4 aromatic rings. The van der Waals surface area contributed by atoms with Crippen LogP contribution in [0.1, 0.15) is 18.1 Å². The fourth-order valence-corrected chi connectivity index (χ4v) is 3.03. The number of aromatic nitrogens is 2. The molecule has 0 saturated heterocycles. The summed E-state index contributed by atoms with van der Waals surface area (Å²) >= 11 is 5.93. The van der Waals surface area contributed by atoms with Gasteiger partial charge in [-0.15, -0.1) is 0 Å². The maximum Gasteiger partial charge on any atom is 0.222 e. The van der Waals surface area contributed by atoms with Crippen LogP contribution in [0, 0.1) is 0 Å². The summed E-state index contributed by atoms with van der Waals surface area (Å²) in [6, 6.07) is 21.1. The zero-order chi connectivity index (χ0) is 20.8. The fraction of sp³-hybridized carbons (Fsp3) is 0.130. The van der Waals surface area contributed by atoms with Crippen molar-refractivity contribution in [3.05, 3.63) is 82.9 Å². The number of hydrogen-bond acceptors (Lipinski definition) is 5. The molecular formula is C23H21ClN4O2. The average Bonchev–Trinajstić information content (AvgIpc) is 3.17. The highest BCUT2D eigenvalue weighted by atomic mass is 35.5. The third-order valence-corrected chi connectivity index (χ3v) is 4.60. The van der Waals surface area contributed by atoms with E-state index < -0.39 is 0 Å². The lowest BCUT2D eigenvalue weighted by atomic mass is 10.2. The van der Waals surface area contributed by atoms with Crippen LogP contribution < -0.4 is 14.9 Å². The minimum Gasteiger partial charge on any atom is -0.490 e. The molecule has 0 amide bonds. The van der Waals surface area contributed by atoms with Gasteiger partial charge in [0.15, 0.2) is 11.5 Å². The van der Waals surface area contributed by atoms with Crippen LogP contribution in [-0.2, 0) is 6.61 Å². The lowest BCUT2D eigenvalue weighted by Crippen LogP contribution is -2.00. The number of benzene rings is 3. The van der Waals surface area contributed by atoms with Crippen molar-refractivity contribution in [2.45, 2.75) is 13.5 Å². The zero-order valence-electron chi connectivity index (χ0n) is 16.4. The standard InChI is InChI=1S/C23H21ClN4O2/c1-2-29-22-13-17(9-12-21(22)30-15-16-7-10-18(24)11-8-16)14-25-28-23-26-19-5-3-4-6-20(19)27-23/h3-14H,2,15H2,1H3,(H2,26,27,28)/b25-14-. The van der Waals surface area contributed by atoms with E-state index in [-0.39, 0.29) is 0 Å². The number of anilines is 1. The van der Waals surface area contributed by atoms with E-state index in [1.54, 1.807) is 6.21 Å². The molecule has 0 unspecified atom stereocenters. The Bertz CT molecular complexity index is 1120. The first-order valence-electron chi connectivity index (χ1n) is 9.59. The van der Waals surface area contributed by atoms with Crippen LogP contribution in [0.4, 0.5) is 5.95 Å². The molecule has 0 aliphatic heterocycles. The molecule has 3 aromatic carbocycles. The van der Waals surface area contributed by atoms with E-state index in [0.717, 1.165) is 22.2 Å². The second-order valence-corrected chi connectivity index (χ2v) is 6.96. The highest BCUT2D eigenvalue weighted by Crippen LogP contribution is 2.29. The van der Waals surface area contributed by atoms with Crippen molar-refractivity contribution in [2.24, 2.45) is 5.10 Å². The Balaban J connectivity index is 1.43. The van der Waals surface area contributed by atoms with Crippen LogP contribution in [0.25, 0.3) is 11.0 Å². The molecule has 6 nitrogen and oxygen atoms in total. The molecule has 152 valence electrons. The van der Waals surface area contributed by atoms with Gasteiger partial charge in [-0.1, -0.05) is 35.9 Å². The van der Waals surface area contributed by atoms with Crippen molar-refractivity contribution in [2.75, 3.05) is 12.0 Å². The van der Waals surface area contributed by atoms with Crippen molar-refractivity contribution in [1.29, 1.82) is 0 Å². The number of ether oxygens (including phenoxy) is 2. The van der Waals surface area contributed by atoms with Gasteiger partial charge in [-0.25, -0.2) is 10.4 Å². The molecule has 4 rings (SSSR count). The smallest absolute Gasteiger partial charge is 0.222 e. The van der Waals surface area contributed by atoms with Gasteiger partial charge >= 0.3 is 0 Å². The quantitative estimate of drug-likeness (QED) is 0.286. The van der Waals surface area contributed by atoms with Crippen molar-refractivity contribution in [3.8, 4) is 11.5 Å². The summed E-state index contributed by atoms with van der Waals surface area (Å²) < 4.78 is 11.7. The maximum atomic E-state index is 5.93. The summed E-state index contributed by atoms with van der Waals surface area (Å²) in [5.41, 5.74) is 6.67. The number of fused-ring (bicyclic) bond motifs is 1. The molecule has 0 fully saturated rings. The number of rotatable bonds is 8. The molecular weight excluding hydrogens is 400 g/mol. The molecule has 0 saturated carbocycles. The van der Waals surface area contributed by atoms with Crippen LogP contribution >= 0.6 is 11.6 Å². The Hall–Kier alpha value is -3.51. The number of para-hydroxylation sites is 2. The lowest BCUT2D eigenvalue weighted by molar-refractivity contribution is 0.269. The van der Waals surface area contributed by atoms with Gasteiger partial charge < -0.3 is 14.5 Å². The zero-order valence-corrected chi connectivity index (χ0v) is 17.2. The predicted octanol–water partition coefficient (Wildman–Crippen LogP) is 5.64. The monoisotopic (exact) mass is 420 g/mol. The third-order valence-electron chi connectivity index (χ3n) is 4.35. The van der Waals surface area contributed by atoms with E-state index in [4.69, 9.17) is 21.1 Å². The van der Waals surface area contributed by atoms with E-state index >= 15 is 0 Å². The third kappa shape index (κ3) is 4.90. The molecule has 0 aliphatic carbocycles. The van der Waals surface area contributed by atoms with Crippen LogP contribution in [0.2, 0.25) is 5.02 Å². The molecule has 1 heterocycles. The number of imidazole rings is 1. The van der Waals surface area contributed by atoms with Crippen LogP contribution in [0.5, 0.6) is 11.5 Å². The minimum atomic E-state index is 0.429. The van der Waals surface area contributed by atoms with Crippen molar-refractivity contribution in [1.82, 2.24) is 9.97 Å². The first kappa shape index (κ1) is 19.8. The highest BCUT2D eigenvalue weighted by Gasteiger charge is 2.07. The van der Waals surface area contributed by atoms with Gasteiger partial charge in [-0.3, -0.25) is 0 Å². The number of nitrogens with zero attached hydrogens (tertiary/aromatic N) is 2. The Morgan fingerprint density at radius 3 is 2.67 bits per heavy atom. The number of hydrogen-bond donors (Lipinski definition) is 2. The SMILES string of the molecule is CCOc1cc(/C=N\Nc2nc3ccccc3[nH]2)ccc1OCc1ccc(Cl)cc1. The molecule has 0 atom stereocenters. The molecule has 0 bridgehead atoms. The summed E-state index contributed by atoms with van der Waals surface area (Å²) in [6.45, 7) is 2.90. The number of nitrogens with one attached hydrogen (secondary N) is 2. The summed E-state index contributed by atoms with van der Waals surface area (Å²) in [5.74, 6) is 1.92. The second-order valence-electron chi connectivity index (χ2n) is 6.53. The summed E-state index contributed by atoms with van der Waals surface area (Å²) in [7, 11) is 0. The predicted molar refractivity (Wildman–Crippen MR) is 121 cm³/mol. The molecule has 0 aliphatic rings. The average molecular weight is 421 g/mol. The number of halogens is 1. The van der Waals surface area contributed by atoms with E-state index in [0.29, 0.717) is 35.7 Å². The first-order valence-corrected chi connectivity index (χ1v) is 9.97. The molecule has 0 radical (unpaired) electrons. The topological polar surface area (TPSA) is 71.5 Å². The Labute approximate surface area is 179 Å². The molecule has 7 heteroatoms. The van der Waals surface area contributed by atoms with E-state index in [9.17, 15) is 0 Å². The van der Waals surface area contributed by atoms with Crippen LogP contribution in [-0.4, -0.2) is 22.8 Å². The molecule has 30 heavy (non-hydrogen) atoms. The molecule has 1 aromatic heterocycles. The lowest BCUT2D eigenvalue weighted by Gasteiger charge is -2.12. The Morgan fingerprint density at radius 1 is 1.03 bits per heavy atom. The molecule has 2 N–H and O–H groups in total. The van der Waals surface area contributed by atoms with Gasteiger partial charge in [-0.05, 0) is 60.5 Å². The van der Waals surface area contributed by atoms with Gasteiger partial charge in [0.05, 0.1) is 23.9 Å². The van der Waals surface area contributed by atoms with Gasteiger partial charge in [-0.2, -0.15) is 5.10 Å². The normalized spacial score (nSPS) is 11.1. The first-order chi connectivity index (χ1) is 14.7. The summed E-state index contributed by atoms with van der Waals surface area (Å²) in [4.78, 5) is 7.60. The molecule has 0 spiro atoms. The van der Waals surface area contributed by atoms with Crippen LogP contribution in [0.15, 0.2) is 71.8 Å². The fourth-order valence-electron chi connectivity index (χ4n) is 2.91. The van der Waals surface area contributed by atoms with Crippen LogP contribution in [0.3, 0.4) is 0 Å². The van der Waals surface area contributed by atoms with Crippen molar-refractivity contribution < 1.29 is 9.47 Å². The maximum absolute atomic E-state index is 5.93. The Kier molecular flexibility index (Phi) is 6.15. The highest BCUT2D eigenvalue weighted by molar-refractivity contribution is 6.30. The Morgan fingerprint density at radius 2 is 1.87 bits per heavy atom. The van der Waals surface area contributed by atoms with Crippen molar-refractivity contribution in [3.63, 3.8) is 0 Å². The van der Waals surface area contributed by atoms with Gasteiger partial charge in [0.2, 0.25) is 5.95 Å². The number of aromatic amines is 1. The van der Waals surface area contributed by atoms with E-state index in [1.807, 2.05) is 73.7 Å². The van der Waals surface area contributed by atoms with E-state index in [1.165, 1.54) is 0 Å². The summed E-state index contributed by atoms with van der Waals surface area (Å²) in [5, 5.41) is 4.96. The van der Waals surface area contributed by atoms with Gasteiger partial charge in [0.1, 0.15) is 6.61 Å². The number of H-pyrrole nitrogens is 1.